The summed E-state index contributed by atoms with van der Waals surface area (Å²) in [6.07, 6.45) is 2.86. The first-order chi connectivity index (χ1) is 12.1. The molecule has 1 N–H and O–H groups in total. The minimum atomic E-state index is -0.288. The predicted molar refractivity (Wildman–Crippen MR) is 93.4 cm³/mol. The van der Waals surface area contributed by atoms with E-state index in [-0.39, 0.29) is 23.2 Å². The van der Waals surface area contributed by atoms with Crippen LogP contribution in [0.3, 0.4) is 0 Å². The first-order valence-electron chi connectivity index (χ1n) is 8.50. The Hall–Kier alpha value is -2.89. The van der Waals surface area contributed by atoms with Crippen LogP contribution >= 0.6 is 0 Å². The van der Waals surface area contributed by atoms with Crippen molar-refractivity contribution in [3.63, 3.8) is 0 Å². The number of amides is 1. The SMILES string of the molecule is Cc1ccc([C@@H]2CCCCN2C(=O)c2n[nH]c(=O)c3ccccc23)o1. The molecule has 1 amide bonds. The van der Waals surface area contributed by atoms with Gasteiger partial charge in [0.05, 0.1) is 11.4 Å². The van der Waals surface area contributed by atoms with E-state index in [0.717, 1.165) is 30.8 Å². The maximum absolute atomic E-state index is 13.2. The summed E-state index contributed by atoms with van der Waals surface area (Å²) < 4.78 is 5.77. The third kappa shape index (κ3) is 2.73. The Morgan fingerprint density at radius 1 is 1.20 bits per heavy atom. The number of carbonyl (C=O) groups is 1. The van der Waals surface area contributed by atoms with E-state index < -0.39 is 0 Å². The van der Waals surface area contributed by atoms with Gasteiger partial charge in [-0.05, 0) is 44.4 Å². The van der Waals surface area contributed by atoms with Gasteiger partial charge in [0.15, 0.2) is 5.69 Å². The predicted octanol–water partition coefficient (Wildman–Crippen LogP) is 3.19. The molecule has 6 nitrogen and oxygen atoms in total. The van der Waals surface area contributed by atoms with Crippen molar-refractivity contribution < 1.29 is 9.21 Å². The van der Waals surface area contributed by atoms with E-state index in [0.29, 0.717) is 17.3 Å². The van der Waals surface area contributed by atoms with Gasteiger partial charge in [0.25, 0.3) is 11.5 Å². The number of aromatic amines is 1. The van der Waals surface area contributed by atoms with E-state index in [1.807, 2.05) is 30.0 Å². The Bertz CT molecular complexity index is 989. The van der Waals surface area contributed by atoms with Crippen molar-refractivity contribution in [2.45, 2.75) is 32.2 Å². The second-order valence-electron chi connectivity index (χ2n) is 6.41. The van der Waals surface area contributed by atoms with Gasteiger partial charge >= 0.3 is 0 Å². The lowest BCUT2D eigenvalue weighted by molar-refractivity contribution is 0.0574. The summed E-state index contributed by atoms with van der Waals surface area (Å²) in [5.41, 5.74) is -0.00520. The molecule has 0 aliphatic carbocycles. The molecule has 4 rings (SSSR count). The number of carbonyl (C=O) groups excluding carboxylic acids is 1. The number of furan rings is 1. The van der Waals surface area contributed by atoms with Crippen molar-refractivity contribution in [1.82, 2.24) is 15.1 Å². The van der Waals surface area contributed by atoms with Crippen molar-refractivity contribution >= 4 is 16.7 Å². The molecular formula is C19H19N3O3. The van der Waals surface area contributed by atoms with Gasteiger partial charge in [-0.1, -0.05) is 18.2 Å². The van der Waals surface area contributed by atoms with Crippen molar-refractivity contribution in [2.24, 2.45) is 0 Å². The van der Waals surface area contributed by atoms with Crippen LogP contribution in [0, 0.1) is 6.92 Å². The first kappa shape index (κ1) is 15.6. The van der Waals surface area contributed by atoms with Crippen LogP contribution < -0.4 is 5.56 Å². The molecule has 1 aliphatic rings. The van der Waals surface area contributed by atoms with E-state index in [1.54, 1.807) is 18.2 Å². The summed E-state index contributed by atoms with van der Waals surface area (Å²) in [7, 11) is 0. The third-order valence-electron chi connectivity index (χ3n) is 4.75. The third-order valence-corrected chi connectivity index (χ3v) is 4.75. The zero-order valence-corrected chi connectivity index (χ0v) is 14.0. The summed E-state index contributed by atoms with van der Waals surface area (Å²) >= 11 is 0. The number of aromatic nitrogens is 2. The normalized spacial score (nSPS) is 17.8. The zero-order chi connectivity index (χ0) is 17.4. The highest BCUT2D eigenvalue weighted by Gasteiger charge is 2.32. The number of fused-ring (bicyclic) bond motifs is 1. The number of hydrogen-bond acceptors (Lipinski definition) is 4. The molecule has 3 heterocycles. The molecule has 1 aromatic carbocycles. The van der Waals surface area contributed by atoms with Crippen LogP contribution in [0.4, 0.5) is 0 Å². The van der Waals surface area contributed by atoms with Crippen LogP contribution in [0.25, 0.3) is 10.8 Å². The largest absolute Gasteiger partial charge is 0.464 e. The number of nitrogens with zero attached hydrogens (tertiary/aromatic N) is 2. The van der Waals surface area contributed by atoms with Gasteiger partial charge in [-0.15, -0.1) is 0 Å². The molecule has 0 spiro atoms. The Morgan fingerprint density at radius 3 is 2.76 bits per heavy atom. The van der Waals surface area contributed by atoms with E-state index in [4.69, 9.17) is 4.42 Å². The topological polar surface area (TPSA) is 79.2 Å². The molecular weight excluding hydrogens is 318 g/mol. The van der Waals surface area contributed by atoms with Gasteiger partial charge in [0.1, 0.15) is 11.5 Å². The highest BCUT2D eigenvalue weighted by molar-refractivity contribution is 6.04. The zero-order valence-electron chi connectivity index (χ0n) is 14.0. The summed E-state index contributed by atoms with van der Waals surface area (Å²) in [5, 5.41) is 7.56. The molecule has 1 atom stereocenters. The lowest BCUT2D eigenvalue weighted by Crippen LogP contribution is -2.39. The Labute approximate surface area is 144 Å². The number of rotatable bonds is 2. The van der Waals surface area contributed by atoms with E-state index in [9.17, 15) is 9.59 Å². The average Bonchev–Trinajstić information content (AvgIpc) is 3.08. The molecule has 6 heteroatoms. The highest BCUT2D eigenvalue weighted by Crippen LogP contribution is 2.33. The standard InChI is InChI=1S/C19H19N3O3/c1-12-9-10-16(25-12)15-8-4-5-11-22(15)19(24)17-13-6-2-3-7-14(13)18(23)21-20-17/h2-3,6-7,9-10,15H,4-5,8,11H2,1H3,(H,21,23)/t15-/m0/s1. The summed E-state index contributed by atoms with van der Waals surface area (Å²) in [4.78, 5) is 27.0. The lowest BCUT2D eigenvalue weighted by Gasteiger charge is -2.34. The van der Waals surface area contributed by atoms with E-state index >= 15 is 0 Å². The average molecular weight is 337 g/mol. The van der Waals surface area contributed by atoms with Gasteiger partial charge < -0.3 is 9.32 Å². The minimum Gasteiger partial charge on any atom is -0.464 e. The lowest BCUT2D eigenvalue weighted by atomic mass is 9.99. The molecule has 0 unspecified atom stereocenters. The van der Waals surface area contributed by atoms with E-state index in [1.165, 1.54) is 0 Å². The molecule has 0 radical (unpaired) electrons. The van der Waals surface area contributed by atoms with Crippen molar-refractivity contribution in [3.05, 3.63) is 64.0 Å². The number of hydrogen-bond donors (Lipinski definition) is 1. The van der Waals surface area contributed by atoms with Crippen LogP contribution in [0.5, 0.6) is 0 Å². The fraction of sp³-hybridized carbons (Fsp3) is 0.316. The second-order valence-corrected chi connectivity index (χ2v) is 6.41. The molecule has 1 fully saturated rings. The highest BCUT2D eigenvalue weighted by atomic mass is 16.3. The molecule has 0 saturated carbocycles. The van der Waals surface area contributed by atoms with Crippen LogP contribution in [0.2, 0.25) is 0 Å². The number of piperidine rings is 1. The molecule has 0 bridgehead atoms. The minimum absolute atomic E-state index is 0.0950. The molecule has 1 aliphatic heterocycles. The van der Waals surface area contributed by atoms with Gasteiger partial charge in [0, 0.05) is 11.9 Å². The molecule has 1 saturated heterocycles. The fourth-order valence-electron chi connectivity index (χ4n) is 3.52. The number of aryl methyl sites for hydroxylation is 1. The van der Waals surface area contributed by atoms with Crippen LogP contribution in [-0.2, 0) is 0 Å². The van der Waals surface area contributed by atoms with Gasteiger partial charge in [-0.25, -0.2) is 5.10 Å². The fourth-order valence-corrected chi connectivity index (χ4v) is 3.52. The second kappa shape index (κ2) is 6.20. The van der Waals surface area contributed by atoms with Crippen molar-refractivity contribution in [1.29, 1.82) is 0 Å². The Morgan fingerprint density at radius 2 is 2.00 bits per heavy atom. The quantitative estimate of drug-likeness (QED) is 0.779. The summed E-state index contributed by atoms with van der Waals surface area (Å²) in [6, 6.07) is 10.8. The van der Waals surface area contributed by atoms with E-state index in [2.05, 4.69) is 10.2 Å². The molecule has 3 aromatic rings. The van der Waals surface area contributed by atoms with Crippen molar-refractivity contribution in [3.8, 4) is 0 Å². The van der Waals surface area contributed by atoms with Gasteiger partial charge in [-0.3, -0.25) is 9.59 Å². The molecule has 25 heavy (non-hydrogen) atoms. The molecule has 2 aromatic heterocycles. The van der Waals surface area contributed by atoms with Crippen LogP contribution in [0.1, 0.15) is 47.3 Å². The van der Waals surface area contributed by atoms with Crippen LogP contribution in [-0.4, -0.2) is 27.5 Å². The van der Waals surface area contributed by atoms with Gasteiger partial charge in [0.2, 0.25) is 0 Å². The van der Waals surface area contributed by atoms with Gasteiger partial charge in [-0.2, -0.15) is 5.10 Å². The monoisotopic (exact) mass is 337 g/mol. The number of benzene rings is 1. The first-order valence-corrected chi connectivity index (χ1v) is 8.50. The summed E-state index contributed by atoms with van der Waals surface area (Å²) in [5.74, 6) is 1.46. The maximum Gasteiger partial charge on any atom is 0.275 e. The number of H-pyrrole nitrogens is 1. The Balaban J connectivity index is 1.77. The van der Waals surface area contributed by atoms with Crippen LogP contribution in [0.15, 0.2) is 45.6 Å². The maximum atomic E-state index is 13.2. The number of nitrogens with one attached hydrogen (secondary N) is 1. The number of likely N-dealkylation sites (tertiary alicyclic amines) is 1. The molecule has 128 valence electrons. The van der Waals surface area contributed by atoms with Crippen molar-refractivity contribution in [2.75, 3.05) is 6.54 Å². The smallest absolute Gasteiger partial charge is 0.275 e. The summed E-state index contributed by atoms with van der Waals surface area (Å²) in [6.45, 7) is 2.55. The Kier molecular flexibility index (Phi) is 3.87.